The number of carbonyl (C=O) groups excluding carboxylic acids is 2. The van der Waals surface area contributed by atoms with Gasteiger partial charge in [-0.1, -0.05) is 6.07 Å². The van der Waals surface area contributed by atoms with Gasteiger partial charge in [-0.15, -0.1) is 0 Å². The number of carbonyl (C=O) groups is 2. The van der Waals surface area contributed by atoms with E-state index in [0.717, 1.165) is 35.2 Å². The maximum absolute atomic E-state index is 13.5. The second-order valence-corrected chi connectivity index (χ2v) is 7.61. The number of amides is 2. The van der Waals surface area contributed by atoms with Gasteiger partial charge in [0.2, 0.25) is 11.8 Å². The normalized spacial score (nSPS) is 16.1. The maximum atomic E-state index is 13.5. The number of aryl methyl sites for hydroxylation is 2. The molecule has 1 aromatic carbocycles. The zero-order chi connectivity index (χ0) is 22.1. The van der Waals surface area contributed by atoms with Crippen molar-refractivity contribution in [3.63, 3.8) is 0 Å². The van der Waals surface area contributed by atoms with E-state index in [4.69, 9.17) is 0 Å². The minimum atomic E-state index is -0.771. The monoisotopic (exact) mass is 425 g/mol. The summed E-state index contributed by atoms with van der Waals surface area (Å²) in [6.45, 7) is 4.18. The molecule has 160 valence electrons. The van der Waals surface area contributed by atoms with Gasteiger partial charge in [0, 0.05) is 43.2 Å². The molecule has 1 aliphatic rings. The van der Waals surface area contributed by atoms with E-state index in [-0.39, 0.29) is 37.0 Å². The Kier molecular flexibility index (Phi) is 5.50. The topological polar surface area (TPSA) is 80.1 Å². The minimum Gasteiger partial charge on any atom is -0.352 e. The molecule has 1 atom stereocenters. The predicted octanol–water partition coefficient (Wildman–Crippen LogP) is 2.83. The van der Waals surface area contributed by atoms with Crippen molar-refractivity contribution in [3.05, 3.63) is 71.2 Å². The third-order valence-electron chi connectivity index (χ3n) is 5.16. The van der Waals surface area contributed by atoms with E-state index >= 15 is 0 Å². The van der Waals surface area contributed by atoms with Crippen molar-refractivity contribution in [1.82, 2.24) is 20.1 Å². The molecular weight excluding hydrogens is 404 g/mol. The number of nitrogens with zero attached hydrogens (tertiary/aromatic N) is 4. The molecule has 1 saturated heterocycles. The summed E-state index contributed by atoms with van der Waals surface area (Å²) in [4.78, 5) is 30.4. The Morgan fingerprint density at radius 3 is 2.52 bits per heavy atom. The fourth-order valence-electron chi connectivity index (χ4n) is 3.67. The Balaban J connectivity index is 1.37. The number of benzene rings is 1. The smallest absolute Gasteiger partial charge is 0.227 e. The Hall–Kier alpha value is -3.62. The second-order valence-electron chi connectivity index (χ2n) is 7.61. The lowest BCUT2D eigenvalue weighted by Gasteiger charge is -2.17. The van der Waals surface area contributed by atoms with Gasteiger partial charge < -0.3 is 10.2 Å². The molecule has 0 saturated carbocycles. The highest BCUT2D eigenvalue weighted by atomic mass is 19.1. The zero-order valence-corrected chi connectivity index (χ0v) is 17.1. The van der Waals surface area contributed by atoms with E-state index in [1.807, 2.05) is 32.0 Å². The van der Waals surface area contributed by atoms with Crippen LogP contribution >= 0.6 is 0 Å². The number of halogens is 2. The van der Waals surface area contributed by atoms with E-state index < -0.39 is 17.6 Å². The molecule has 9 heteroatoms. The first-order chi connectivity index (χ1) is 14.8. The molecule has 3 aromatic rings. The number of hydrogen-bond acceptors (Lipinski definition) is 4. The second kappa shape index (κ2) is 8.25. The molecule has 1 N–H and O–H groups in total. The third kappa shape index (κ3) is 4.45. The van der Waals surface area contributed by atoms with Crippen molar-refractivity contribution in [2.24, 2.45) is 5.92 Å². The molecule has 0 radical (unpaired) electrons. The molecule has 1 fully saturated rings. The van der Waals surface area contributed by atoms with Crippen LogP contribution in [-0.2, 0) is 16.1 Å². The highest BCUT2D eigenvalue weighted by Crippen LogP contribution is 2.26. The number of rotatable bonds is 5. The average molecular weight is 425 g/mol. The number of nitrogens with one attached hydrogen (secondary N) is 1. The SMILES string of the molecule is Cc1cc(C)n(-c2ccc(CNC(=O)C3CC(=O)N(c4cc(F)cc(F)c4)C3)cn2)n1. The van der Waals surface area contributed by atoms with Gasteiger partial charge in [-0.05, 0) is 43.7 Å². The summed E-state index contributed by atoms with van der Waals surface area (Å²) >= 11 is 0. The fraction of sp³-hybridized carbons (Fsp3) is 0.273. The van der Waals surface area contributed by atoms with Crippen LogP contribution in [0.25, 0.3) is 5.82 Å². The lowest BCUT2D eigenvalue weighted by atomic mass is 10.1. The van der Waals surface area contributed by atoms with Gasteiger partial charge in [-0.25, -0.2) is 18.4 Å². The van der Waals surface area contributed by atoms with Crippen LogP contribution in [0.5, 0.6) is 0 Å². The molecule has 0 aliphatic carbocycles. The van der Waals surface area contributed by atoms with Crippen LogP contribution in [-0.4, -0.2) is 33.1 Å². The van der Waals surface area contributed by atoms with Crippen LogP contribution in [0.2, 0.25) is 0 Å². The maximum Gasteiger partial charge on any atom is 0.227 e. The molecule has 2 aromatic heterocycles. The van der Waals surface area contributed by atoms with Crippen molar-refractivity contribution in [2.75, 3.05) is 11.4 Å². The number of anilines is 1. The van der Waals surface area contributed by atoms with Gasteiger partial charge >= 0.3 is 0 Å². The summed E-state index contributed by atoms with van der Waals surface area (Å²) in [6.07, 6.45) is 1.65. The molecule has 3 heterocycles. The highest BCUT2D eigenvalue weighted by molar-refractivity contribution is 6.00. The summed E-state index contributed by atoms with van der Waals surface area (Å²) in [5.41, 5.74) is 2.78. The van der Waals surface area contributed by atoms with Crippen molar-refractivity contribution in [1.29, 1.82) is 0 Å². The van der Waals surface area contributed by atoms with Crippen LogP contribution in [0, 0.1) is 31.4 Å². The molecule has 0 bridgehead atoms. The molecule has 31 heavy (non-hydrogen) atoms. The van der Waals surface area contributed by atoms with Crippen LogP contribution in [0.15, 0.2) is 42.6 Å². The van der Waals surface area contributed by atoms with E-state index in [0.29, 0.717) is 5.82 Å². The number of pyridine rings is 1. The Bertz CT molecular complexity index is 1120. The molecule has 4 rings (SSSR count). The first kappa shape index (κ1) is 20.6. The molecule has 0 spiro atoms. The first-order valence-corrected chi connectivity index (χ1v) is 9.83. The van der Waals surface area contributed by atoms with Gasteiger partial charge in [0.15, 0.2) is 5.82 Å². The van der Waals surface area contributed by atoms with E-state index in [2.05, 4.69) is 15.4 Å². The van der Waals surface area contributed by atoms with Crippen LogP contribution in [0.3, 0.4) is 0 Å². The zero-order valence-electron chi connectivity index (χ0n) is 17.1. The van der Waals surface area contributed by atoms with Gasteiger partial charge in [0.05, 0.1) is 11.6 Å². The van der Waals surface area contributed by atoms with Gasteiger partial charge in [-0.3, -0.25) is 9.59 Å². The Labute approximate surface area is 177 Å². The van der Waals surface area contributed by atoms with Gasteiger partial charge in [-0.2, -0.15) is 5.10 Å². The molecule has 1 aliphatic heterocycles. The number of aromatic nitrogens is 3. The summed E-state index contributed by atoms with van der Waals surface area (Å²) < 4.78 is 28.7. The minimum absolute atomic E-state index is 0.0148. The molecule has 7 nitrogen and oxygen atoms in total. The summed E-state index contributed by atoms with van der Waals surface area (Å²) in [6, 6.07) is 8.53. The molecular formula is C22H21F2N5O2. The quantitative estimate of drug-likeness (QED) is 0.682. The van der Waals surface area contributed by atoms with Crippen molar-refractivity contribution in [2.45, 2.75) is 26.8 Å². The Morgan fingerprint density at radius 1 is 1.16 bits per heavy atom. The van der Waals surface area contributed by atoms with Crippen molar-refractivity contribution >= 4 is 17.5 Å². The van der Waals surface area contributed by atoms with Crippen LogP contribution in [0.1, 0.15) is 23.4 Å². The lowest BCUT2D eigenvalue weighted by Crippen LogP contribution is -2.32. The van der Waals surface area contributed by atoms with Crippen LogP contribution in [0.4, 0.5) is 14.5 Å². The van der Waals surface area contributed by atoms with Gasteiger partial charge in [0.1, 0.15) is 11.6 Å². The summed E-state index contributed by atoms with van der Waals surface area (Å²) in [5.74, 6) is -2.10. The first-order valence-electron chi connectivity index (χ1n) is 9.83. The van der Waals surface area contributed by atoms with Gasteiger partial charge in [0.25, 0.3) is 0 Å². The average Bonchev–Trinajstić information content (AvgIpc) is 3.27. The largest absolute Gasteiger partial charge is 0.352 e. The van der Waals surface area contributed by atoms with Crippen LogP contribution < -0.4 is 10.2 Å². The molecule has 2 amide bonds. The predicted molar refractivity (Wildman–Crippen MR) is 109 cm³/mol. The van der Waals surface area contributed by atoms with Crippen molar-refractivity contribution in [3.8, 4) is 5.82 Å². The summed E-state index contributed by atoms with van der Waals surface area (Å²) in [5, 5.41) is 7.19. The third-order valence-corrected chi connectivity index (χ3v) is 5.16. The highest BCUT2D eigenvalue weighted by Gasteiger charge is 2.35. The Morgan fingerprint density at radius 2 is 1.90 bits per heavy atom. The standard InChI is InChI=1S/C22H21F2N5O2/c1-13-5-14(2)29(27-13)20-4-3-15(10-25-20)11-26-22(31)16-6-21(30)28(12-16)19-8-17(23)7-18(24)9-19/h3-5,7-10,16H,6,11-12H2,1-2H3,(H,26,31). The van der Waals surface area contributed by atoms with E-state index in [1.54, 1.807) is 10.9 Å². The van der Waals surface area contributed by atoms with E-state index in [1.165, 1.54) is 4.90 Å². The number of hydrogen-bond donors (Lipinski definition) is 1. The lowest BCUT2D eigenvalue weighted by molar-refractivity contribution is -0.126. The summed E-state index contributed by atoms with van der Waals surface area (Å²) in [7, 11) is 0. The molecule has 1 unspecified atom stereocenters. The fourth-order valence-corrected chi connectivity index (χ4v) is 3.67. The van der Waals surface area contributed by atoms with E-state index in [9.17, 15) is 18.4 Å². The van der Waals surface area contributed by atoms with Crippen molar-refractivity contribution < 1.29 is 18.4 Å².